The summed E-state index contributed by atoms with van der Waals surface area (Å²) in [6, 6.07) is -0.327. The van der Waals surface area contributed by atoms with E-state index >= 15 is 0 Å². The van der Waals surface area contributed by atoms with Crippen molar-refractivity contribution < 1.29 is 14.7 Å². The minimum absolute atomic E-state index is 0.00185. The third-order valence-corrected chi connectivity index (χ3v) is 3.74. The molecule has 1 aliphatic heterocycles. The average molecular weight is 270 g/mol. The Morgan fingerprint density at radius 1 is 1.37 bits per heavy atom. The van der Waals surface area contributed by atoms with Gasteiger partial charge >= 0.3 is 0 Å². The Hall–Kier alpha value is -1.10. The lowest BCUT2D eigenvalue weighted by molar-refractivity contribution is -0.142. The number of piperidine rings is 1. The molecule has 2 N–H and O–H groups in total. The lowest BCUT2D eigenvalue weighted by atomic mass is 10.00. The maximum Gasteiger partial charge on any atom is 0.243 e. The van der Waals surface area contributed by atoms with Gasteiger partial charge in [-0.05, 0) is 32.1 Å². The molecule has 0 spiro atoms. The summed E-state index contributed by atoms with van der Waals surface area (Å²) in [6.07, 6.45) is 4.51. The average Bonchev–Trinajstić information content (AvgIpc) is 2.45. The maximum absolute atomic E-state index is 12.3. The quantitative estimate of drug-likeness (QED) is 0.758. The minimum atomic E-state index is -0.325. The molecule has 2 unspecified atom stereocenters. The van der Waals surface area contributed by atoms with Crippen molar-refractivity contribution in [1.82, 2.24) is 10.2 Å². The molecule has 0 aromatic rings. The highest BCUT2D eigenvalue weighted by Gasteiger charge is 2.31. The van der Waals surface area contributed by atoms with Gasteiger partial charge in [-0.3, -0.25) is 9.59 Å². The summed E-state index contributed by atoms with van der Waals surface area (Å²) in [6.45, 7) is 4.56. The lowest BCUT2D eigenvalue weighted by Gasteiger charge is -2.35. The van der Waals surface area contributed by atoms with E-state index in [9.17, 15) is 9.59 Å². The molecule has 5 heteroatoms. The van der Waals surface area contributed by atoms with E-state index < -0.39 is 0 Å². The second kappa shape index (κ2) is 8.15. The van der Waals surface area contributed by atoms with E-state index in [0.29, 0.717) is 19.4 Å². The molecular formula is C14H26N2O3. The van der Waals surface area contributed by atoms with Gasteiger partial charge in [0.25, 0.3) is 0 Å². The van der Waals surface area contributed by atoms with E-state index in [1.165, 1.54) is 0 Å². The number of likely N-dealkylation sites (tertiary alicyclic amines) is 1. The van der Waals surface area contributed by atoms with Crippen molar-refractivity contribution in [2.24, 2.45) is 0 Å². The molecule has 2 amide bonds. The van der Waals surface area contributed by atoms with Crippen molar-refractivity contribution in [1.29, 1.82) is 0 Å². The van der Waals surface area contributed by atoms with Crippen LogP contribution in [0.1, 0.15) is 52.4 Å². The van der Waals surface area contributed by atoms with Crippen molar-refractivity contribution in [2.75, 3.05) is 13.2 Å². The summed E-state index contributed by atoms with van der Waals surface area (Å²) in [5.41, 5.74) is 0. The van der Waals surface area contributed by atoms with Gasteiger partial charge in [-0.25, -0.2) is 0 Å². The Bertz CT molecular complexity index is 307. The molecule has 1 fully saturated rings. The van der Waals surface area contributed by atoms with Crippen LogP contribution in [-0.4, -0.2) is 47.1 Å². The molecular weight excluding hydrogens is 244 g/mol. The van der Waals surface area contributed by atoms with Crippen molar-refractivity contribution >= 4 is 11.8 Å². The second-order valence-corrected chi connectivity index (χ2v) is 5.08. The van der Waals surface area contributed by atoms with E-state index in [1.807, 2.05) is 13.8 Å². The predicted octanol–water partition coefficient (Wildman–Crippen LogP) is 1.05. The number of carbonyl (C=O) groups is 2. The Labute approximate surface area is 115 Å². The van der Waals surface area contributed by atoms with Crippen LogP contribution in [0.5, 0.6) is 0 Å². The highest BCUT2D eigenvalue weighted by molar-refractivity contribution is 5.87. The third-order valence-electron chi connectivity index (χ3n) is 3.74. The number of nitrogens with one attached hydrogen (secondary N) is 1. The largest absolute Gasteiger partial charge is 0.396 e. The number of aliphatic hydroxyl groups excluding tert-OH is 1. The molecule has 19 heavy (non-hydrogen) atoms. The van der Waals surface area contributed by atoms with Gasteiger partial charge < -0.3 is 15.3 Å². The molecule has 0 bridgehead atoms. The van der Waals surface area contributed by atoms with E-state index in [-0.39, 0.29) is 30.5 Å². The van der Waals surface area contributed by atoms with Gasteiger partial charge in [-0.2, -0.15) is 0 Å². The molecule has 110 valence electrons. The molecule has 1 saturated heterocycles. The number of aliphatic hydroxyl groups is 1. The molecule has 1 rings (SSSR count). The number of rotatable bonds is 6. The van der Waals surface area contributed by atoms with Gasteiger partial charge in [0, 0.05) is 25.6 Å². The number of carbonyl (C=O) groups excluding carboxylic acids is 2. The SMILES string of the molecule is CCC(=O)N1CCCCC1C(=O)NC(CC)CCO. The van der Waals surface area contributed by atoms with Gasteiger partial charge in [0.05, 0.1) is 0 Å². The van der Waals surface area contributed by atoms with Gasteiger partial charge in [-0.15, -0.1) is 0 Å². The van der Waals surface area contributed by atoms with Crippen molar-refractivity contribution in [3.63, 3.8) is 0 Å². The fraction of sp³-hybridized carbons (Fsp3) is 0.857. The summed E-state index contributed by atoms with van der Waals surface area (Å²) in [4.78, 5) is 25.9. The minimum Gasteiger partial charge on any atom is -0.396 e. The topological polar surface area (TPSA) is 69.6 Å². The standard InChI is InChI=1S/C14H26N2O3/c1-3-11(8-10-17)15-14(19)12-7-5-6-9-16(12)13(18)4-2/h11-12,17H,3-10H2,1-2H3,(H,15,19). The van der Waals surface area contributed by atoms with Crippen LogP contribution in [-0.2, 0) is 9.59 Å². The molecule has 0 saturated carbocycles. The zero-order valence-corrected chi connectivity index (χ0v) is 12.0. The zero-order valence-electron chi connectivity index (χ0n) is 12.0. The van der Waals surface area contributed by atoms with Crippen LogP contribution in [0, 0.1) is 0 Å². The van der Waals surface area contributed by atoms with E-state index in [1.54, 1.807) is 4.90 Å². The first-order chi connectivity index (χ1) is 9.13. The van der Waals surface area contributed by atoms with Crippen LogP contribution in [0.25, 0.3) is 0 Å². The predicted molar refractivity (Wildman–Crippen MR) is 73.6 cm³/mol. The van der Waals surface area contributed by atoms with Crippen LogP contribution in [0.2, 0.25) is 0 Å². The van der Waals surface area contributed by atoms with Crippen LogP contribution in [0.4, 0.5) is 0 Å². The van der Waals surface area contributed by atoms with Gasteiger partial charge in [0.1, 0.15) is 6.04 Å². The van der Waals surface area contributed by atoms with Gasteiger partial charge in [-0.1, -0.05) is 13.8 Å². The molecule has 1 aliphatic rings. The van der Waals surface area contributed by atoms with E-state index in [2.05, 4.69) is 5.32 Å². The fourth-order valence-corrected chi connectivity index (χ4v) is 2.54. The van der Waals surface area contributed by atoms with E-state index in [0.717, 1.165) is 25.7 Å². The van der Waals surface area contributed by atoms with Crippen LogP contribution in [0.3, 0.4) is 0 Å². The molecule has 1 heterocycles. The summed E-state index contributed by atoms with van der Waals surface area (Å²) >= 11 is 0. The van der Waals surface area contributed by atoms with Crippen molar-refractivity contribution in [3.05, 3.63) is 0 Å². The van der Waals surface area contributed by atoms with Crippen LogP contribution in [0.15, 0.2) is 0 Å². The monoisotopic (exact) mass is 270 g/mol. The zero-order chi connectivity index (χ0) is 14.3. The maximum atomic E-state index is 12.3. The lowest BCUT2D eigenvalue weighted by Crippen LogP contribution is -2.53. The highest BCUT2D eigenvalue weighted by atomic mass is 16.3. The molecule has 2 atom stereocenters. The third kappa shape index (κ3) is 4.49. The first kappa shape index (κ1) is 16.0. The van der Waals surface area contributed by atoms with Crippen molar-refractivity contribution in [3.8, 4) is 0 Å². The summed E-state index contributed by atoms with van der Waals surface area (Å²) in [5.74, 6) is -0.0168. The van der Waals surface area contributed by atoms with Gasteiger partial charge in [0.15, 0.2) is 0 Å². The van der Waals surface area contributed by atoms with E-state index in [4.69, 9.17) is 5.11 Å². The van der Waals surface area contributed by atoms with Gasteiger partial charge in [0.2, 0.25) is 11.8 Å². The highest BCUT2D eigenvalue weighted by Crippen LogP contribution is 2.18. The Kier molecular flexibility index (Phi) is 6.84. The first-order valence-electron chi connectivity index (χ1n) is 7.34. The number of amides is 2. The summed E-state index contributed by atoms with van der Waals surface area (Å²) in [5, 5.41) is 11.9. The van der Waals surface area contributed by atoms with Crippen LogP contribution >= 0.6 is 0 Å². The first-order valence-corrected chi connectivity index (χ1v) is 7.34. The molecule has 5 nitrogen and oxygen atoms in total. The van der Waals surface area contributed by atoms with Crippen molar-refractivity contribution in [2.45, 2.75) is 64.5 Å². The van der Waals surface area contributed by atoms with Crippen LogP contribution < -0.4 is 5.32 Å². The Morgan fingerprint density at radius 3 is 2.68 bits per heavy atom. The summed E-state index contributed by atoms with van der Waals surface area (Å²) < 4.78 is 0. The number of nitrogens with zero attached hydrogens (tertiary/aromatic N) is 1. The summed E-state index contributed by atoms with van der Waals surface area (Å²) in [7, 11) is 0. The molecule has 0 aliphatic carbocycles. The Morgan fingerprint density at radius 2 is 2.11 bits per heavy atom. The Balaban J connectivity index is 2.63. The molecule has 0 aromatic carbocycles. The molecule has 0 aromatic heterocycles. The number of hydrogen-bond acceptors (Lipinski definition) is 3. The second-order valence-electron chi connectivity index (χ2n) is 5.08. The smallest absolute Gasteiger partial charge is 0.243 e. The normalized spacial score (nSPS) is 21.0. The number of hydrogen-bond donors (Lipinski definition) is 2. The fourth-order valence-electron chi connectivity index (χ4n) is 2.54. The molecule has 0 radical (unpaired) electrons.